The standard InChI is InChI=1S/C17H28N4/c1-15-4-9-20(10-5-15)14-17(16-3-2-6-19-13-16)21-11-7-18-8-12-21/h2-3,6,13,15,17-18H,4-5,7-12,14H2,1H3. The van der Waals surface area contributed by atoms with Gasteiger partial charge in [0.15, 0.2) is 0 Å². The molecule has 2 aliphatic heterocycles. The van der Waals surface area contributed by atoms with Crippen LogP contribution in [0.4, 0.5) is 0 Å². The number of nitrogens with one attached hydrogen (secondary N) is 1. The summed E-state index contributed by atoms with van der Waals surface area (Å²) >= 11 is 0. The van der Waals surface area contributed by atoms with E-state index in [1.165, 1.54) is 31.5 Å². The van der Waals surface area contributed by atoms with Crippen LogP contribution >= 0.6 is 0 Å². The van der Waals surface area contributed by atoms with Crippen molar-refractivity contribution in [1.82, 2.24) is 20.1 Å². The summed E-state index contributed by atoms with van der Waals surface area (Å²) in [5.41, 5.74) is 1.37. The highest BCUT2D eigenvalue weighted by Gasteiger charge is 2.26. The lowest BCUT2D eigenvalue weighted by molar-refractivity contribution is 0.104. The van der Waals surface area contributed by atoms with Crippen molar-refractivity contribution in [1.29, 1.82) is 0 Å². The molecule has 0 aromatic carbocycles. The van der Waals surface area contributed by atoms with Gasteiger partial charge in [0.05, 0.1) is 0 Å². The average molecular weight is 288 g/mol. The van der Waals surface area contributed by atoms with E-state index in [0.29, 0.717) is 6.04 Å². The maximum Gasteiger partial charge on any atom is 0.0491 e. The second kappa shape index (κ2) is 7.34. The van der Waals surface area contributed by atoms with Gasteiger partial charge >= 0.3 is 0 Å². The van der Waals surface area contributed by atoms with Gasteiger partial charge in [0.1, 0.15) is 0 Å². The highest BCUT2D eigenvalue weighted by Crippen LogP contribution is 2.24. The van der Waals surface area contributed by atoms with Crippen molar-refractivity contribution in [3.63, 3.8) is 0 Å². The zero-order valence-corrected chi connectivity index (χ0v) is 13.2. The highest BCUT2D eigenvalue weighted by molar-refractivity contribution is 5.15. The van der Waals surface area contributed by atoms with E-state index in [9.17, 15) is 0 Å². The SMILES string of the molecule is CC1CCN(CC(c2cccnc2)N2CCNCC2)CC1. The molecule has 0 saturated carbocycles. The summed E-state index contributed by atoms with van der Waals surface area (Å²) in [6.07, 6.45) is 6.63. The molecule has 4 nitrogen and oxygen atoms in total. The first-order valence-corrected chi connectivity index (χ1v) is 8.40. The third-order valence-electron chi connectivity index (χ3n) is 4.97. The lowest BCUT2D eigenvalue weighted by Crippen LogP contribution is -2.48. The van der Waals surface area contributed by atoms with Crippen LogP contribution in [0.15, 0.2) is 24.5 Å². The summed E-state index contributed by atoms with van der Waals surface area (Å²) in [5.74, 6) is 0.900. The molecule has 2 aliphatic rings. The fourth-order valence-electron chi connectivity index (χ4n) is 3.49. The van der Waals surface area contributed by atoms with Crippen molar-refractivity contribution in [3.05, 3.63) is 30.1 Å². The first-order chi connectivity index (χ1) is 10.3. The van der Waals surface area contributed by atoms with E-state index in [1.54, 1.807) is 0 Å². The summed E-state index contributed by atoms with van der Waals surface area (Å²) in [4.78, 5) is 9.63. The Morgan fingerprint density at radius 2 is 2.00 bits per heavy atom. The van der Waals surface area contributed by atoms with Gasteiger partial charge in [0.2, 0.25) is 0 Å². The van der Waals surface area contributed by atoms with Crippen molar-refractivity contribution in [2.75, 3.05) is 45.8 Å². The molecular weight excluding hydrogens is 260 g/mol. The molecule has 0 bridgehead atoms. The quantitative estimate of drug-likeness (QED) is 0.915. The van der Waals surface area contributed by atoms with E-state index in [1.807, 2.05) is 6.20 Å². The minimum atomic E-state index is 0.495. The van der Waals surface area contributed by atoms with Crippen LogP contribution in [0, 0.1) is 5.92 Å². The maximum absolute atomic E-state index is 4.34. The largest absolute Gasteiger partial charge is 0.314 e. The van der Waals surface area contributed by atoms with Gasteiger partial charge in [0.25, 0.3) is 0 Å². The maximum atomic E-state index is 4.34. The fraction of sp³-hybridized carbons (Fsp3) is 0.706. The molecule has 21 heavy (non-hydrogen) atoms. The first-order valence-electron chi connectivity index (χ1n) is 8.40. The Kier molecular flexibility index (Phi) is 5.22. The predicted molar refractivity (Wildman–Crippen MR) is 86.3 cm³/mol. The van der Waals surface area contributed by atoms with Crippen molar-refractivity contribution >= 4 is 0 Å². The van der Waals surface area contributed by atoms with E-state index in [4.69, 9.17) is 0 Å². The van der Waals surface area contributed by atoms with Gasteiger partial charge in [-0.25, -0.2) is 0 Å². The molecule has 0 radical (unpaired) electrons. The van der Waals surface area contributed by atoms with Crippen LogP contribution in [-0.4, -0.2) is 60.6 Å². The van der Waals surface area contributed by atoms with Crippen LogP contribution in [0.3, 0.4) is 0 Å². The lowest BCUT2D eigenvalue weighted by Gasteiger charge is -2.39. The lowest BCUT2D eigenvalue weighted by atomic mass is 9.97. The number of piperazine rings is 1. The Morgan fingerprint density at radius 1 is 1.24 bits per heavy atom. The van der Waals surface area contributed by atoms with Crippen LogP contribution in [-0.2, 0) is 0 Å². The molecule has 2 saturated heterocycles. The molecule has 3 rings (SSSR count). The van der Waals surface area contributed by atoms with Gasteiger partial charge in [-0.05, 0) is 43.5 Å². The number of hydrogen-bond donors (Lipinski definition) is 1. The van der Waals surface area contributed by atoms with Crippen LogP contribution < -0.4 is 5.32 Å². The van der Waals surface area contributed by atoms with Crippen molar-refractivity contribution < 1.29 is 0 Å². The van der Waals surface area contributed by atoms with Crippen molar-refractivity contribution in [2.24, 2.45) is 5.92 Å². The van der Waals surface area contributed by atoms with Crippen LogP contribution in [0.5, 0.6) is 0 Å². The van der Waals surface area contributed by atoms with Crippen molar-refractivity contribution in [3.8, 4) is 0 Å². The molecule has 3 heterocycles. The number of likely N-dealkylation sites (tertiary alicyclic amines) is 1. The van der Waals surface area contributed by atoms with Gasteiger partial charge < -0.3 is 10.2 Å². The minimum Gasteiger partial charge on any atom is -0.314 e. The molecule has 1 aromatic rings. The zero-order chi connectivity index (χ0) is 14.5. The third kappa shape index (κ3) is 4.02. The summed E-state index contributed by atoms with van der Waals surface area (Å²) in [5, 5.41) is 3.46. The summed E-state index contributed by atoms with van der Waals surface area (Å²) in [6, 6.07) is 4.81. The topological polar surface area (TPSA) is 31.4 Å². The van der Waals surface area contributed by atoms with Gasteiger partial charge in [-0.2, -0.15) is 0 Å². The number of aromatic nitrogens is 1. The smallest absolute Gasteiger partial charge is 0.0491 e. The Morgan fingerprint density at radius 3 is 2.67 bits per heavy atom. The summed E-state index contributed by atoms with van der Waals surface area (Å²) in [7, 11) is 0. The monoisotopic (exact) mass is 288 g/mol. The number of hydrogen-bond acceptors (Lipinski definition) is 4. The van der Waals surface area contributed by atoms with Crippen LogP contribution in [0.1, 0.15) is 31.4 Å². The number of piperidine rings is 1. The van der Waals surface area contributed by atoms with Gasteiger partial charge in [-0.15, -0.1) is 0 Å². The minimum absolute atomic E-state index is 0.495. The van der Waals surface area contributed by atoms with Gasteiger partial charge in [0, 0.05) is 51.2 Å². The summed E-state index contributed by atoms with van der Waals surface area (Å²) in [6.45, 7) is 10.5. The molecule has 0 amide bonds. The normalized spacial score (nSPS) is 24.0. The van der Waals surface area contributed by atoms with E-state index in [2.05, 4.69) is 45.4 Å². The Hall–Kier alpha value is -0.970. The first kappa shape index (κ1) is 14.9. The Bertz CT molecular complexity index is 408. The number of rotatable bonds is 4. The zero-order valence-electron chi connectivity index (χ0n) is 13.2. The van der Waals surface area contributed by atoms with Gasteiger partial charge in [-0.1, -0.05) is 13.0 Å². The van der Waals surface area contributed by atoms with E-state index >= 15 is 0 Å². The molecule has 4 heteroatoms. The van der Waals surface area contributed by atoms with Gasteiger partial charge in [-0.3, -0.25) is 9.88 Å². The molecule has 1 N–H and O–H groups in total. The molecule has 1 aromatic heterocycles. The predicted octanol–water partition coefficient (Wildman–Crippen LogP) is 1.76. The second-order valence-electron chi connectivity index (χ2n) is 6.57. The number of nitrogens with zero attached hydrogens (tertiary/aromatic N) is 3. The molecule has 0 spiro atoms. The van der Waals surface area contributed by atoms with Crippen LogP contribution in [0.25, 0.3) is 0 Å². The van der Waals surface area contributed by atoms with E-state index < -0.39 is 0 Å². The second-order valence-corrected chi connectivity index (χ2v) is 6.57. The molecular formula is C17H28N4. The Labute approximate surface area is 128 Å². The van der Waals surface area contributed by atoms with E-state index in [0.717, 1.165) is 38.6 Å². The van der Waals surface area contributed by atoms with Crippen molar-refractivity contribution in [2.45, 2.75) is 25.8 Å². The average Bonchev–Trinajstić information content (AvgIpc) is 2.56. The molecule has 1 unspecified atom stereocenters. The molecule has 2 fully saturated rings. The van der Waals surface area contributed by atoms with E-state index in [-0.39, 0.29) is 0 Å². The molecule has 1 atom stereocenters. The molecule has 0 aliphatic carbocycles. The Balaban J connectivity index is 1.69. The third-order valence-corrected chi connectivity index (χ3v) is 4.97. The fourth-order valence-corrected chi connectivity index (χ4v) is 3.49. The van der Waals surface area contributed by atoms with Crippen LogP contribution in [0.2, 0.25) is 0 Å². The number of pyridine rings is 1. The molecule has 116 valence electrons. The summed E-state index contributed by atoms with van der Waals surface area (Å²) < 4.78 is 0. The highest BCUT2D eigenvalue weighted by atomic mass is 15.3.